The summed E-state index contributed by atoms with van der Waals surface area (Å²) in [4.78, 5) is 29.2. The van der Waals surface area contributed by atoms with E-state index in [1.165, 1.54) is 0 Å². The zero-order valence-corrected chi connectivity index (χ0v) is 18.9. The van der Waals surface area contributed by atoms with E-state index in [1.54, 1.807) is 18.2 Å². The molecule has 1 aliphatic heterocycles. The Bertz CT molecular complexity index is 912. The number of carbonyl (C=O) groups is 2. The number of rotatable bonds is 6. The van der Waals surface area contributed by atoms with Gasteiger partial charge in [0, 0.05) is 50.1 Å². The van der Waals surface area contributed by atoms with Crippen molar-refractivity contribution in [2.45, 2.75) is 13.0 Å². The number of carbonyl (C=O) groups excluding carboxylic acids is 2. The van der Waals surface area contributed by atoms with Crippen LogP contribution in [-0.4, -0.2) is 63.7 Å². The van der Waals surface area contributed by atoms with Crippen LogP contribution >= 0.6 is 11.6 Å². The molecular weight excluding hydrogens is 416 g/mol. The number of aryl methyl sites for hydroxylation is 1. The predicted octanol–water partition coefficient (Wildman–Crippen LogP) is 2.84. The summed E-state index contributed by atoms with van der Waals surface area (Å²) in [7, 11) is 3.99. The van der Waals surface area contributed by atoms with Crippen LogP contribution in [0.25, 0.3) is 0 Å². The van der Waals surface area contributed by atoms with Crippen LogP contribution in [0.4, 0.5) is 11.4 Å². The van der Waals surface area contributed by atoms with Gasteiger partial charge in [-0.1, -0.05) is 29.8 Å². The van der Waals surface area contributed by atoms with Gasteiger partial charge >= 0.3 is 11.8 Å². The van der Waals surface area contributed by atoms with Gasteiger partial charge < -0.3 is 20.3 Å². The molecule has 0 saturated carbocycles. The highest BCUT2D eigenvalue weighted by Crippen LogP contribution is 2.24. The second kappa shape index (κ2) is 10.6. The van der Waals surface area contributed by atoms with Crippen LogP contribution in [0.15, 0.2) is 42.5 Å². The Labute approximate surface area is 188 Å². The molecule has 3 rings (SSSR count). The minimum absolute atomic E-state index is 0.0511. The number of morpholine rings is 1. The lowest BCUT2D eigenvalue weighted by molar-refractivity contribution is -0.136. The highest BCUT2D eigenvalue weighted by atomic mass is 35.5. The molecule has 2 aromatic carbocycles. The maximum absolute atomic E-state index is 12.5. The van der Waals surface area contributed by atoms with Gasteiger partial charge in [0.05, 0.1) is 19.3 Å². The fourth-order valence-electron chi connectivity index (χ4n) is 3.52. The molecule has 0 unspecified atom stereocenters. The van der Waals surface area contributed by atoms with Gasteiger partial charge in [-0.25, -0.2) is 0 Å². The lowest BCUT2D eigenvalue weighted by Crippen LogP contribution is -2.45. The summed E-state index contributed by atoms with van der Waals surface area (Å²) < 4.78 is 5.48. The number of amides is 2. The second-order valence-corrected chi connectivity index (χ2v) is 8.21. The summed E-state index contributed by atoms with van der Waals surface area (Å²) in [5.74, 6) is -1.39. The third kappa shape index (κ3) is 6.19. The van der Waals surface area contributed by atoms with Crippen molar-refractivity contribution in [1.82, 2.24) is 10.2 Å². The van der Waals surface area contributed by atoms with E-state index >= 15 is 0 Å². The van der Waals surface area contributed by atoms with Gasteiger partial charge in [-0.3, -0.25) is 14.5 Å². The first-order chi connectivity index (χ1) is 14.8. The molecule has 1 atom stereocenters. The Morgan fingerprint density at radius 1 is 1.10 bits per heavy atom. The Morgan fingerprint density at radius 3 is 2.42 bits per heavy atom. The second-order valence-electron chi connectivity index (χ2n) is 7.77. The van der Waals surface area contributed by atoms with Gasteiger partial charge in [-0.05, 0) is 42.3 Å². The lowest BCUT2D eigenvalue weighted by Gasteiger charge is -2.35. The minimum atomic E-state index is -0.714. The predicted molar refractivity (Wildman–Crippen MR) is 124 cm³/mol. The number of nitrogens with zero attached hydrogens (tertiary/aromatic N) is 2. The van der Waals surface area contributed by atoms with Crippen LogP contribution < -0.4 is 15.5 Å². The van der Waals surface area contributed by atoms with E-state index in [0.717, 1.165) is 29.9 Å². The first kappa shape index (κ1) is 23.1. The number of hydrogen-bond donors (Lipinski definition) is 2. The molecule has 1 saturated heterocycles. The van der Waals surface area contributed by atoms with Crippen LogP contribution in [0.2, 0.25) is 5.02 Å². The summed E-state index contributed by atoms with van der Waals surface area (Å²) in [6, 6.07) is 13.4. The molecule has 7 nitrogen and oxygen atoms in total. The molecule has 31 heavy (non-hydrogen) atoms. The van der Waals surface area contributed by atoms with Crippen LogP contribution in [0.5, 0.6) is 0 Å². The van der Waals surface area contributed by atoms with Gasteiger partial charge in [0.15, 0.2) is 0 Å². The average molecular weight is 445 g/mol. The highest BCUT2D eigenvalue weighted by molar-refractivity contribution is 6.40. The highest BCUT2D eigenvalue weighted by Gasteiger charge is 2.25. The van der Waals surface area contributed by atoms with Crippen LogP contribution in [0, 0.1) is 6.92 Å². The van der Waals surface area contributed by atoms with Gasteiger partial charge in [-0.15, -0.1) is 0 Å². The molecule has 1 heterocycles. The third-order valence-electron chi connectivity index (χ3n) is 5.39. The Hall–Kier alpha value is -2.61. The molecule has 2 amide bonds. The maximum atomic E-state index is 12.5. The topological polar surface area (TPSA) is 73.9 Å². The smallest absolute Gasteiger partial charge is 0.313 e. The molecule has 0 aliphatic carbocycles. The molecule has 0 bridgehead atoms. The molecular formula is C23H29ClN4O3. The van der Waals surface area contributed by atoms with Crippen molar-refractivity contribution in [3.63, 3.8) is 0 Å². The van der Waals surface area contributed by atoms with E-state index in [0.29, 0.717) is 30.5 Å². The normalized spacial score (nSPS) is 15.2. The molecule has 1 fully saturated rings. The summed E-state index contributed by atoms with van der Waals surface area (Å²) in [6.07, 6.45) is 0. The van der Waals surface area contributed by atoms with Crippen molar-refractivity contribution in [3.05, 3.63) is 58.6 Å². The first-order valence-electron chi connectivity index (χ1n) is 10.3. The molecule has 1 aliphatic rings. The van der Waals surface area contributed by atoms with Gasteiger partial charge in [-0.2, -0.15) is 0 Å². The number of anilines is 2. The Balaban J connectivity index is 1.68. The van der Waals surface area contributed by atoms with E-state index in [4.69, 9.17) is 16.3 Å². The van der Waals surface area contributed by atoms with E-state index in [2.05, 4.69) is 39.8 Å². The zero-order chi connectivity index (χ0) is 22.4. The number of benzene rings is 2. The quantitative estimate of drug-likeness (QED) is 0.670. The number of nitrogens with one attached hydrogen (secondary N) is 2. The standard InChI is InChI=1S/C23H29ClN4O3/c1-16-4-7-18(24)14-20(16)26-23(30)22(29)25-15-21(28-10-12-31-13-11-28)17-5-8-19(9-6-17)27(2)3/h4-9,14,21H,10-13,15H2,1-3H3,(H,25,29)(H,26,30)/t21-/m0/s1. The van der Waals surface area contributed by atoms with Crippen LogP contribution in [0.3, 0.4) is 0 Å². The average Bonchev–Trinajstić information content (AvgIpc) is 2.77. The van der Waals surface area contributed by atoms with Crippen molar-refractivity contribution < 1.29 is 14.3 Å². The summed E-state index contributed by atoms with van der Waals surface area (Å²) in [5, 5.41) is 5.93. The third-order valence-corrected chi connectivity index (χ3v) is 5.63. The number of halogens is 1. The van der Waals surface area contributed by atoms with Crippen LogP contribution in [-0.2, 0) is 14.3 Å². The zero-order valence-electron chi connectivity index (χ0n) is 18.2. The van der Waals surface area contributed by atoms with Crippen LogP contribution in [0.1, 0.15) is 17.2 Å². The van der Waals surface area contributed by atoms with E-state index < -0.39 is 11.8 Å². The number of hydrogen-bond acceptors (Lipinski definition) is 5. The van der Waals surface area contributed by atoms with Crippen molar-refractivity contribution in [2.75, 3.05) is 57.2 Å². The van der Waals surface area contributed by atoms with Gasteiger partial charge in [0.2, 0.25) is 0 Å². The van der Waals surface area contributed by atoms with Crippen molar-refractivity contribution in [2.24, 2.45) is 0 Å². The van der Waals surface area contributed by atoms with E-state index in [1.807, 2.05) is 25.9 Å². The SMILES string of the molecule is Cc1ccc(Cl)cc1NC(=O)C(=O)NC[C@@H](c1ccc(N(C)C)cc1)N1CCOCC1. The fraction of sp³-hybridized carbons (Fsp3) is 0.391. The first-order valence-corrected chi connectivity index (χ1v) is 10.7. The summed E-state index contributed by atoms with van der Waals surface area (Å²) in [5.41, 5.74) is 3.54. The lowest BCUT2D eigenvalue weighted by atomic mass is 10.0. The molecule has 8 heteroatoms. The van der Waals surface area contributed by atoms with Crippen molar-refractivity contribution in [3.8, 4) is 0 Å². The van der Waals surface area contributed by atoms with E-state index in [9.17, 15) is 9.59 Å². The molecule has 0 aromatic heterocycles. The maximum Gasteiger partial charge on any atom is 0.313 e. The largest absolute Gasteiger partial charge is 0.379 e. The van der Waals surface area contributed by atoms with Crippen molar-refractivity contribution >= 4 is 34.8 Å². The van der Waals surface area contributed by atoms with Crippen molar-refractivity contribution in [1.29, 1.82) is 0 Å². The monoisotopic (exact) mass is 444 g/mol. The fourth-order valence-corrected chi connectivity index (χ4v) is 3.69. The summed E-state index contributed by atoms with van der Waals surface area (Å²) >= 11 is 6.00. The molecule has 2 aromatic rings. The number of ether oxygens (including phenoxy) is 1. The summed E-state index contributed by atoms with van der Waals surface area (Å²) in [6.45, 7) is 5.00. The van der Waals surface area contributed by atoms with Gasteiger partial charge in [0.25, 0.3) is 0 Å². The molecule has 2 N–H and O–H groups in total. The minimum Gasteiger partial charge on any atom is -0.379 e. The molecule has 166 valence electrons. The van der Waals surface area contributed by atoms with E-state index in [-0.39, 0.29) is 6.04 Å². The Kier molecular flexibility index (Phi) is 7.90. The molecule has 0 radical (unpaired) electrons. The molecule has 0 spiro atoms. The van der Waals surface area contributed by atoms with Gasteiger partial charge in [0.1, 0.15) is 0 Å². The Morgan fingerprint density at radius 2 is 1.77 bits per heavy atom.